The minimum absolute atomic E-state index is 0.110. The summed E-state index contributed by atoms with van der Waals surface area (Å²) >= 11 is 0. The van der Waals surface area contributed by atoms with Crippen LogP contribution in [0, 0.1) is 5.92 Å². The van der Waals surface area contributed by atoms with Crippen molar-refractivity contribution in [1.29, 1.82) is 0 Å². The molecule has 3 atom stereocenters. The SMILES string of the molecule is CO[C@H]1C[C@@H](CN[C@@H]2CCCC[C@H]2Oc2ccc3c(c2)CN(C2CCC(=O)NC2=O)C3=O)C1. The minimum Gasteiger partial charge on any atom is -0.489 e. The summed E-state index contributed by atoms with van der Waals surface area (Å²) in [5, 5.41) is 6.09. The molecule has 3 fully saturated rings. The molecular weight excluding hydrogens is 422 g/mol. The highest BCUT2D eigenvalue weighted by atomic mass is 16.5. The van der Waals surface area contributed by atoms with Gasteiger partial charge in [-0.15, -0.1) is 0 Å². The van der Waals surface area contributed by atoms with Gasteiger partial charge in [0.15, 0.2) is 0 Å². The first-order valence-corrected chi connectivity index (χ1v) is 12.2. The van der Waals surface area contributed by atoms with E-state index in [0.29, 0.717) is 36.6 Å². The molecule has 4 aliphatic rings. The third kappa shape index (κ3) is 4.64. The predicted molar refractivity (Wildman–Crippen MR) is 121 cm³/mol. The number of nitrogens with zero attached hydrogens (tertiary/aromatic N) is 1. The molecule has 2 aliphatic carbocycles. The monoisotopic (exact) mass is 455 g/mol. The summed E-state index contributed by atoms with van der Waals surface area (Å²) in [7, 11) is 1.79. The van der Waals surface area contributed by atoms with Crippen LogP contribution in [-0.2, 0) is 20.9 Å². The second-order valence-corrected chi connectivity index (χ2v) is 9.87. The van der Waals surface area contributed by atoms with E-state index in [0.717, 1.165) is 50.0 Å². The Balaban J connectivity index is 1.21. The van der Waals surface area contributed by atoms with Gasteiger partial charge in [-0.1, -0.05) is 6.42 Å². The molecule has 0 radical (unpaired) electrons. The van der Waals surface area contributed by atoms with Crippen LogP contribution in [0.5, 0.6) is 5.75 Å². The van der Waals surface area contributed by atoms with Crippen LogP contribution in [0.3, 0.4) is 0 Å². The zero-order chi connectivity index (χ0) is 22.9. The summed E-state index contributed by atoms with van der Waals surface area (Å²) in [6.45, 7) is 1.37. The van der Waals surface area contributed by atoms with Crippen LogP contribution in [0.25, 0.3) is 0 Å². The molecule has 33 heavy (non-hydrogen) atoms. The zero-order valence-electron chi connectivity index (χ0n) is 19.2. The summed E-state index contributed by atoms with van der Waals surface area (Å²) in [6, 6.07) is 5.35. The van der Waals surface area contributed by atoms with Gasteiger partial charge in [0, 0.05) is 31.7 Å². The fraction of sp³-hybridized carbons (Fsp3) is 0.640. The highest BCUT2D eigenvalue weighted by molar-refractivity contribution is 6.05. The number of fused-ring (bicyclic) bond motifs is 1. The van der Waals surface area contributed by atoms with Crippen LogP contribution in [0.4, 0.5) is 0 Å². The van der Waals surface area contributed by atoms with Crippen LogP contribution >= 0.6 is 0 Å². The van der Waals surface area contributed by atoms with Crippen molar-refractivity contribution in [3.05, 3.63) is 29.3 Å². The predicted octanol–water partition coefficient (Wildman–Crippen LogP) is 2.15. The van der Waals surface area contributed by atoms with Gasteiger partial charge in [0.2, 0.25) is 11.8 Å². The number of rotatable bonds is 7. The molecule has 178 valence electrons. The maximum Gasteiger partial charge on any atom is 0.255 e. The Labute approximate surface area is 194 Å². The average Bonchev–Trinajstić information content (AvgIpc) is 3.09. The number of nitrogens with one attached hydrogen (secondary N) is 2. The Hall–Kier alpha value is -2.45. The Morgan fingerprint density at radius 1 is 1.12 bits per heavy atom. The van der Waals surface area contributed by atoms with Crippen molar-refractivity contribution in [3.63, 3.8) is 0 Å². The lowest BCUT2D eigenvalue weighted by molar-refractivity contribution is -0.136. The quantitative estimate of drug-likeness (QED) is 0.612. The number of imide groups is 1. The number of methoxy groups -OCH3 is 1. The molecular formula is C25H33N3O5. The topological polar surface area (TPSA) is 97.0 Å². The molecule has 2 heterocycles. The van der Waals surface area contributed by atoms with E-state index < -0.39 is 6.04 Å². The van der Waals surface area contributed by atoms with E-state index in [2.05, 4.69) is 10.6 Å². The van der Waals surface area contributed by atoms with Crippen LogP contribution in [0.1, 0.15) is 67.3 Å². The molecule has 2 saturated carbocycles. The number of hydrogen-bond donors (Lipinski definition) is 2. The van der Waals surface area contributed by atoms with Gasteiger partial charge in [-0.05, 0) is 74.8 Å². The van der Waals surface area contributed by atoms with Gasteiger partial charge in [-0.25, -0.2) is 0 Å². The van der Waals surface area contributed by atoms with Gasteiger partial charge in [-0.3, -0.25) is 19.7 Å². The molecule has 2 N–H and O–H groups in total. The Kier molecular flexibility index (Phi) is 6.38. The fourth-order valence-corrected chi connectivity index (χ4v) is 5.62. The molecule has 0 spiro atoms. The molecule has 0 aromatic heterocycles. The number of carbonyl (C=O) groups is 3. The molecule has 1 saturated heterocycles. The Morgan fingerprint density at radius 2 is 1.94 bits per heavy atom. The molecule has 8 nitrogen and oxygen atoms in total. The second-order valence-electron chi connectivity index (χ2n) is 9.87. The van der Waals surface area contributed by atoms with Gasteiger partial charge in [0.1, 0.15) is 17.9 Å². The summed E-state index contributed by atoms with van der Waals surface area (Å²) in [5.74, 6) is 0.638. The van der Waals surface area contributed by atoms with Crippen LogP contribution in [0.15, 0.2) is 18.2 Å². The second kappa shape index (κ2) is 9.43. The molecule has 3 amide bonds. The van der Waals surface area contributed by atoms with Crippen molar-refractivity contribution in [2.24, 2.45) is 5.92 Å². The first-order valence-electron chi connectivity index (χ1n) is 12.2. The molecule has 1 unspecified atom stereocenters. The van der Waals surface area contributed by atoms with Crippen molar-refractivity contribution >= 4 is 17.7 Å². The highest BCUT2D eigenvalue weighted by Gasteiger charge is 2.39. The van der Waals surface area contributed by atoms with Crippen LogP contribution in [-0.4, -0.2) is 60.6 Å². The van der Waals surface area contributed by atoms with Gasteiger partial charge >= 0.3 is 0 Å². The Morgan fingerprint density at radius 3 is 2.73 bits per heavy atom. The zero-order valence-corrected chi connectivity index (χ0v) is 19.2. The lowest BCUT2D eigenvalue weighted by Gasteiger charge is -2.38. The minimum atomic E-state index is -0.594. The number of ether oxygens (including phenoxy) is 2. The smallest absolute Gasteiger partial charge is 0.255 e. The van der Waals surface area contributed by atoms with E-state index in [1.165, 1.54) is 6.42 Å². The number of piperidine rings is 1. The lowest BCUT2D eigenvalue weighted by atomic mass is 9.81. The van der Waals surface area contributed by atoms with Gasteiger partial charge in [0.25, 0.3) is 5.91 Å². The molecule has 8 heteroatoms. The molecule has 1 aromatic rings. The van der Waals surface area contributed by atoms with Crippen LogP contribution in [0.2, 0.25) is 0 Å². The van der Waals surface area contributed by atoms with E-state index in [9.17, 15) is 14.4 Å². The summed E-state index contributed by atoms with van der Waals surface area (Å²) < 4.78 is 11.8. The van der Waals surface area contributed by atoms with E-state index in [1.54, 1.807) is 12.0 Å². The van der Waals surface area contributed by atoms with E-state index in [4.69, 9.17) is 9.47 Å². The largest absolute Gasteiger partial charge is 0.489 e. The van der Waals surface area contributed by atoms with Crippen molar-refractivity contribution < 1.29 is 23.9 Å². The number of amides is 3. The van der Waals surface area contributed by atoms with Crippen LogP contribution < -0.4 is 15.4 Å². The summed E-state index contributed by atoms with van der Waals surface area (Å²) in [5.41, 5.74) is 1.49. The summed E-state index contributed by atoms with van der Waals surface area (Å²) in [4.78, 5) is 38.2. The summed E-state index contributed by atoms with van der Waals surface area (Å²) in [6.07, 6.45) is 7.91. The molecule has 5 rings (SSSR count). The first-order chi connectivity index (χ1) is 16.0. The van der Waals surface area contributed by atoms with Crippen molar-refractivity contribution in [2.45, 2.75) is 82.2 Å². The molecule has 1 aromatic carbocycles. The molecule has 2 aliphatic heterocycles. The maximum absolute atomic E-state index is 12.9. The average molecular weight is 456 g/mol. The van der Waals surface area contributed by atoms with Crippen molar-refractivity contribution in [3.8, 4) is 5.75 Å². The maximum atomic E-state index is 12.9. The fourth-order valence-electron chi connectivity index (χ4n) is 5.62. The van der Waals surface area contributed by atoms with E-state index in [1.807, 2.05) is 18.2 Å². The van der Waals surface area contributed by atoms with Gasteiger partial charge in [-0.2, -0.15) is 0 Å². The standard InChI is InChI=1S/C25H33N3O5/c1-32-18-10-15(11-18)13-26-20-4-2-3-5-22(20)33-17-6-7-19-16(12-17)14-28(25(19)31)21-8-9-23(29)27-24(21)30/h6-7,12,15,18,20-22,26H,2-5,8-11,13-14H2,1H3,(H,27,29,30)/t15-,18+,20-,21?,22-/m1/s1. The Bertz CT molecular complexity index is 929. The first kappa shape index (κ1) is 22.3. The number of benzene rings is 1. The molecule has 0 bridgehead atoms. The number of carbonyl (C=O) groups excluding carboxylic acids is 3. The van der Waals surface area contributed by atoms with Gasteiger partial charge < -0.3 is 19.7 Å². The van der Waals surface area contributed by atoms with Crippen molar-refractivity contribution in [1.82, 2.24) is 15.5 Å². The van der Waals surface area contributed by atoms with Crippen molar-refractivity contribution in [2.75, 3.05) is 13.7 Å². The van der Waals surface area contributed by atoms with E-state index in [-0.39, 0.29) is 30.2 Å². The lowest BCUT2D eigenvalue weighted by Crippen LogP contribution is -2.52. The normalized spacial score (nSPS) is 31.7. The highest BCUT2D eigenvalue weighted by Crippen LogP contribution is 2.33. The third-order valence-electron chi connectivity index (χ3n) is 7.68. The van der Waals surface area contributed by atoms with Gasteiger partial charge in [0.05, 0.1) is 6.10 Å². The number of hydrogen-bond acceptors (Lipinski definition) is 6. The third-order valence-corrected chi connectivity index (χ3v) is 7.68. The van der Waals surface area contributed by atoms with E-state index >= 15 is 0 Å².